The first-order valence-electron chi connectivity index (χ1n) is 12.4. The summed E-state index contributed by atoms with van der Waals surface area (Å²) in [7, 11) is 1.40. The molecule has 4 aromatic rings. The predicted octanol–water partition coefficient (Wildman–Crippen LogP) is 6.97. The molecule has 1 amide bonds. The summed E-state index contributed by atoms with van der Waals surface area (Å²) in [6, 6.07) is 30.2. The number of carbonyl (C=O) groups is 2. The Kier molecular flexibility index (Phi) is 7.28. The summed E-state index contributed by atoms with van der Waals surface area (Å²) in [6.07, 6.45) is 3.90. The maximum atomic E-state index is 14.2. The molecule has 0 saturated carbocycles. The van der Waals surface area contributed by atoms with Gasteiger partial charge in [0, 0.05) is 10.8 Å². The second-order valence-electron chi connectivity index (χ2n) is 9.08. The zero-order valence-corrected chi connectivity index (χ0v) is 21.1. The van der Waals surface area contributed by atoms with E-state index in [0.29, 0.717) is 10.6 Å². The highest BCUT2D eigenvalue weighted by Crippen LogP contribution is 2.42. The van der Waals surface area contributed by atoms with Gasteiger partial charge in [-0.25, -0.2) is 4.79 Å². The SMILES string of the molecule is COC(=O)c1c(NC(=O)C(c2ccccc2)C(c2ccccc2)c2ccccc2)sc2c1CCCC2. The molecule has 0 fully saturated rings. The van der Waals surface area contributed by atoms with Gasteiger partial charge in [-0.3, -0.25) is 4.79 Å². The van der Waals surface area contributed by atoms with Crippen molar-refractivity contribution in [3.8, 4) is 0 Å². The normalized spacial score (nSPS) is 13.6. The number of nitrogens with one attached hydrogen (secondary N) is 1. The number of esters is 1. The molecule has 1 unspecified atom stereocenters. The zero-order chi connectivity index (χ0) is 24.9. The highest BCUT2D eigenvalue weighted by Gasteiger charge is 2.34. The molecule has 36 heavy (non-hydrogen) atoms. The van der Waals surface area contributed by atoms with Crippen LogP contribution < -0.4 is 5.32 Å². The number of hydrogen-bond donors (Lipinski definition) is 1. The van der Waals surface area contributed by atoms with Crippen LogP contribution in [-0.4, -0.2) is 19.0 Å². The average Bonchev–Trinajstić information content (AvgIpc) is 3.30. The number of carbonyl (C=O) groups excluding carboxylic acids is 2. The minimum absolute atomic E-state index is 0.136. The van der Waals surface area contributed by atoms with E-state index in [1.807, 2.05) is 66.7 Å². The van der Waals surface area contributed by atoms with Crippen LogP contribution in [0.5, 0.6) is 0 Å². The van der Waals surface area contributed by atoms with E-state index in [-0.39, 0.29) is 17.8 Å². The summed E-state index contributed by atoms with van der Waals surface area (Å²) in [4.78, 5) is 28.2. The van der Waals surface area contributed by atoms with Gasteiger partial charge in [0.15, 0.2) is 0 Å². The van der Waals surface area contributed by atoms with Crippen molar-refractivity contribution < 1.29 is 14.3 Å². The fourth-order valence-corrected chi connectivity index (χ4v) is 6.50. The summed E-state index contributed by atoms with van der Waals surface area (Å²) >= 11 is 1.52. The van der Waals surface area contributed by atoms with Crippen molar-refractivity contribution in [2.75, 3.05) is 12.4 Å². The van der Waals surface area contributed by atoms with Crippen molar-refractivity contribution in [3.63, 3.8) is 0 Å². The Balaban J connectivity index is 1.61. The van der Waals surface area contributed by atoms with Crippen LogP contribution in [0.25, 0.3) is 0 Å². The first-order valence-corrected chi connectivity index (χ1v) is 13.2. The molecule has 5 rings (SSSR count). The smallest absolute Gasteiger partial charge is 0.341 e. The molecule has 1 aromatic heterocycles. The van der Waals surface area contributed by atoms with Gasteiger partial charge in [0.25, 0.3) is 0 Å². The summed E-state index contributed by atoms with van der Waals surface area (Å²) in [5, 5.41) is 3.78. The molecule has 0 spiro atoms. The van der Waals surface area contributed by atoms with Crippen molar-refractivity contribution in [2.24, 2.45) is 0 Å². The fraction of sp³-hybridized carbons (Fsp3) is 0.226. The molecule has 1 aliphatic rings. The number of methoxy groups -OCH3 is 1. The molecule has 1 heterocycles. The second-order valence-corrected chi connectivity index (χ2v) is 10.2. The lowest BCUT2D eigenvalue weighted by molar-refractivity contribution is -0.117. The quantitative estimate of drug-likeness (QED) is 0.282. The van der Waals surface area contributed by atoms with Crippen molar-refractivity contribution in [1.29, 1.82) is 0 Å². The van der Waals surface area contributed by atoms with Gasteiger partial charge in [-0.2, -0.15) is 0 Å². The van der Waals surface area contributed by atoms with Crippen LogP contribution in [0, 0.1) is 0 Å². The summed E-state index contributed by atoms with van der Waals surface area (Å²) in [6.45, 7) is 0. The van der Waals surface area contributed by atoms with Gasteiger partial charge in [0.1, 0.15) is 5.00 Å². The van der Waals surface area contributed by atoms with Crippen molar-refractivity contribution in [3.05, 3.63) is 124 Å². The Hall–Kier alpha value is -3.70. The third kappa shape index (κ3) is 4.84. The van der Waals surface area contributed by atoms with Crippen molar-refractivity contribution >= 4 is 28.2 Å². The maximum Gasteiger partial charge on any atom is 0.341 e. The molecule has 1 N–H and O–H groups in total. The summed E-state index contributed by atoms with van der Waals surface area (Å²) < 4.78 is 5.13. The zero-order valence-electron chi connectivity index (χ0n) is 20.3. The van der Waals surface area contributed by atoms with Gasteiger partial charge in [-0.05, 0) is 47.9 Å². The minimum Gasteiger partial charge on any atom is -0.465 e. The highest BCUT2D eigenvalue weighted by atomic mass is 32.1. The topological polar surface area (TPSA) is 55.4 Å². The monoisotopic (exact) mass is 495 g/mol. The predicted molar refractivity (Wildman–Crippen MR) is 145 cm³/mol. The first-order chi connectivity index (χ1) is 17.7. The number of anilines is 1. The lowest BCUT2D eigenvalue weighted by Gasteiger charge is -2.28. The summed E-state index contributed by atoms with van der Waals surface area (Å²) in [5.74, 6) is -1.22. The van der Waals surface area contributed by atoms with E-state index in [4.69, 9.17) is 4.74 Å². The van der Waals surface area contributed by atoms with Crippen molar-refractivity contribution in [2.45, 2.75) is 37.5 Å². The third-order valence-electron chi connectivity index (χ3n) is 6.89. The van der Waals surface area contributed by atoms with Crippen LogP contribution in [-0.2, 0) is 22.4 Å². The Labute approximate surface area is 216 Å². The molecule has 0 bridgehead atoms. The van der Waals surface area contributed by atoms with Crippen molar-refractivity contribution in [1.82, 2.24) is 0 Å². The number of amides is 1. The highest BCUT2D eigenvalue weighted by molar-refractivity contribution is 7.17. The van der Waals surface area contributed by atoms with Crippen LogP contribution in [0.1, 0.15) is 62.2 Å². The number of fused-ring (bicyclic) bond motifs is 1. The van der Waals surface area contributed by atoms with E-state index in [1.165, 1.54) is 23.3 Å². The van der Waals surface area contributed by atoms with Crippen LogP contribution in [0.15, 0.2) is 91.0 Å². The number of rotatable bonds is 7. The van der Waals surface area contributed by atoms with E-state index in [9.17, 15) is 9.59 Å². The fourth-order valence-electron chi connectivity index (χ4n) is 5.22. The molecule has 0 radical (unpaired) electrons. The van der Waals surface area contributed by atoms with Crippen LogP contribution in [0.2, 0.25) is 0 Å². The van der Waals surface area contributed by atoms with E-state index in [0.717, 1.165) is 47.9 Å². The molecule has 5 heteroatoms. The third-order valence-corrected chi connectivity index (χ3v) is 8.10. The van der Waals surface area contributed by atoms with Crippen LogP contribution in [0.4, 0.5) is 5.00 Å². The lowest BCUT2D eigenvalue weighted by atomic mass is 9.76. The van der Waals surface area contributed by atoms with Gasteiger partial charge in [0.05, 0.1) is 18.6 Å². The number of thiophene rings is 1. The Morgan fingerprint density at radius 2 is 1.31 bits per heavy atom. The average molecular weight is 496 g/mol. The number of hydrogen-bond acceptors (Lipinski definition) is 4. The van der Waals surface area contributed by atoms with Gasteiger partial charge >= 0.3 is 5.97 Å². The van der Waals surface area contributed by atoms with Gasteiger partial charge in [-0.1, -0.05) is 91.0 Å². The molecule has 3 aromatic carbocycles. The van der Waals surface area contributed by atoms with Gasteiger partial charge < -0.3 is 10.1 Å². The summed E-state index contributed by atoms with van der Waals surface area (Å²) in [5.41, 5.74) is 4.60. The molecule has 4 nitrogen and oxygen atoms in total. The molecule has 0 aliphatic heterocycles. The first kappa shape index (κ1) is 24.0. The Morgan fingerprint density at radius 1 is 0.778 bits per heavy atom. The molecule has 0 saturated heterocycles. The van der Waals surface area contributed by atoms with Crippen LogP contribution in [0.3, 0.4) is 0 Å². The van der Waals surface area contributed by atoms with E-state index < -0.39 is 5.92 Å². The van der Waals surface area contributed by atoms with E-state index in [1.54, 1.807) is 0 Å². The Bertz CT molecular complexity index is 1290. The van der Waals surface area contributed by atoms with Crippen LogP contribution >= 0.6 is 11.3 Å². The standard InChI is InChI=1S/C31H29NO3S/c1-35-31(34)28-24-19-11-12-20-25(24)36-30(28)32-29(33)27(23-17-9-4-10-18-23)26(21-13-5-2-6-14-21)22-15-7-3-8-16-22/h2-10,13-18,26-27H,11-12,19-20H2,1H3,(H,32,33). The number of benzene rings is 3. The van der Waals surface area contributed by atoms with E-state index in [2.05, 4.69) is 29.6 Å². The number of ether oxygens (including phenoxy) is 1. The molecular weight excluding hydrogens is 466 g/mol. The lowest BCUT2D eigenvalue weighted by Crippen LogP contribution is -2.27. The minimum atomic E-state index is -0.499. The van der Waals surface area contributed by atoms with Gasteiger partial charge in [-0.15, -0.1) is 11.3 Å². The maximum absolute atomic E-state index is 14.2. The molecule has 1 atom stereocenters. The number of aryl methyl sites for hydroxylation is 1. The largest absolute Gasteiger partial charge is 0.465 e. The molecule has 1 aliphatic carbocycles. The van der Waals surface area contributed by atoms with Gasteiger partial charge in [0.2, 0.25) is 5.91 Å². The molecule has 182 valence electrons. The van der Waals surface area contributed by atoms with E-state index >= 15 is 0 Å². The molecular formula is C31H29NO3S. The second kappa shape index (κ2) is 10.9. The Morgan fingerprint density at radius 3 is 1.86 bits per heavy atom.